The van der Waals surface area contributed by atoms with Gasteiger partial charge in [-0.2, -0.15) is 0 Å². The summed E-state index contributed by atoms with van der Waals surface area (Å²) >= 11 is 1.48. The van der Waals surface area contributed by atoms with Gasteiger partial charge < -0.3 is 24.8 Å². The fourth-order valence-corrected chi connectivity index (χ4v) is 4.14. The number of hydrogen-bond acceptors (Lipinski definition) is 6. The Labute approximate surface area is 216 Å². The van der Waals surface area contributed by atoms with Crippen LogP contribution in [-0.4, -0.2) is 38.7 Å². The molecule has 1 heterocycles. The van der Waals surface area contributed by atoms with Crippen LogP contribution >= 0.6 is 11.3 Å². The normalized spacial score (nSPS) is 11.2. The molecular weight excluding hydrogens is 476 g/mol. The SMILES string of the molecule is COc1ccc(C(=O)N/C(=C\c2cccs2)C(=O)NCCCc2cccc(OC(C)C)c2)cc1OC. The molecule has 0 unspecified atom stereocenters. The van der Waals surface area contributed by atoms with Gasteiger partial charge in [-0.1, -0.05) is 18.2 Å². The number of hydrogen-bond donors (Lipinski definition) is 2. The van der Waals surface area contributed by atoms with Crippen LogP contribution in [-0.2, 0) is 11.2 Å². The number of rotatable bonds is 12. The first-order valence-electron chi connectivity index (χ1n) is 11.7. The van der Waals surface area contributed by atoms with Crippen molar-refractivity contribution >= 4 is 29.2 Å². The molecule has 0 aliphatic rings. The van der Waals surface area contributed by atoms with Gasteiger partial charge in [0.15, 0.2) is 11.5 Å². The smallest absolute Gasteiger partial charge is 0.267 e. The van der Waals surface area contributed by atoms with Crippen molar-refractivity contribution in [1.29, 1.82) is 0 Å². The number of nitrogens with one attached hydrogen (secondary N) is 2. The summed E-state index contributed by atoms with van der Waals surface area (Å²) in [5.74, 6) is 1.01. The predicted molar refractivity (Wildman–Crippen MR) is 143 cm³/mol. The van der Waals surface area contributed by atoms with Crippen LogP contribution in [0.5, 0.6) is 17.2 Å². The van der Waals surface area contributed by atoms with Gasteiger partial charge >= 0.3 is 0 Å². The molecule has 7 nitrogen and oxygen atoms in total. The van der Waals surface area contributed by atoms with Crippen LogP contribution in [0.1, 0.15) is 41.1 Å². The Morgan fingerprint density at radius 3 is 2.50 bits per heavy atom. The minimum Gasteiger partial charge on any atom is -0.493 e. The van der Waals surface area contributed by atoms with Crippen LogP contribution in [0.25, 0.3) is 6.08 Å². The quantitative estimate of drug-likeness (QED) is 0.263. The number of methoxy groups -OCH3 is 2. The van der Waals surface area contributed by atoms with Crippen molar-refractivity contribution in [3.63, 3.8) is 0 Å². The highest BCUT2D eigenvalue weighted by molar-refractivity contribution is 7.10. The molecular formula is C28H32N2O5S. The molecule has 0 saturated carbocycles. The first-order valence-corrected chi connectivity index (χ1v) is 12.6. The molecule has 2 aromatic carbocycles. The van der Waals surface area contributed by atoms with Gasteiger partial charge in [0, 0.05) is 17.0 Å². The highest BCUT2D eigenvalue weighted by Crippen LogP contribution is 2.27. The zero-order valence-corrected chi connectivity index (χ0v) is 21.8. The van der Waals surface area contributed by atoms with Crippen molar-refractivity contribution < 1.29 is 23.8 Å². The van der Waals surface area contributed by atoms with Crippen LogP contribution in [0.4, 0.5) is 0 Å². The Balaban J connectivity index is 1.63. The molecule has 1 aromatic heterocycles. The van der Waals surface area contributed by atoms with Gasteiger partial charge in [-0.05, 0) is 80.1 Å². The van der Waals surface area contributed by atoms with Crippen LogP contribution < -0.4 is 24.8 Å². The minimum atomic E-state index is -0.420. The van der Waals surface area contributed by atoms with Crippen molar-refractivity contribution in [3.05, 3.63) is 81.7 Å². The molecule has 0 atom stereocenters. The minimum absolute atomic E-state index is 0.113. The molecule has 2 amide bonds. The van der Waals surface area contributed by atoms with E-state index in [2.05, 4.69) is 10.6 Å². The lowest BCUT2D eigenvalue weighted by Gasteiger charge is -2.13. The average molecular weight is 509 g/mol. The molecule has 3 rings (SSSR count). The Hall–Kier alpha value is -3.78. The first kappa shape index (κ1) is 26.8. The molecule has 3 aromatic rings. The number of carbonyl (C=O) groups excluding carboxylic acids is 2. The standard InChI is InChI=1S/C28H32N2O5S/c1-19(2)35-22-10-5-8-20(16-22)9-6-14-29-28(32)24(18-23-11-7-15-36-23)30-27(31)21-12-13-25(33-3)26(17-21)34-4/h5,7-8,10-13,15-19H,6,9,14H2,1-4H3,(H,29,32)(H,30,31)/b24-18-. The van der Waals surface area contributed by atoms with E-state index < -0.39 is 5.91 Å². The third-order valence-corrected chi connectivity index (χ3v) is 5.99. The monoisotopic (exact) mass is 508 g/mol. The van der Waals surface area contributed by atoms with Crippen molar-refractivity contribution in [2.45, 2.75) is 32.8 Å². The van der Waals surface area contributed by atoms with E-state index in [0.29, 0.717) is 23.6 Å². The van der Waals surface area contributed by atoms with E-state index in [-0.39, 0.29) is 17.7 Å². The van der Waals surface area contributed by atoms with Gasteiger partial charge in [0.1, 0.15) is 11.4 Å². The summed E-state index contributed by atoms with van der Waals surface area (Å²) in [5.41, 5.74) is 1.66. The summed E-state index contributed by atoms with van der Waals surface area (Å²) in [5, 5.41) is 7.58. The molecule has 0 bridgehead atoms. The van der Waals surface area contributed by atoms with E-state index in [1.807, 2.05) is 55.6 Å². The number of aryl methyl sites for hydroxylation is 1. The lowest BCUT2D eigenvalue weighted by molar-refractivity contribution is -0.117. The second kappa shape index (κ2) is 13.3. The van der Waals surface area contributed by atoms with Crippen molar-refractivity contribution in [2.75, 3.05) is 20.8 Å². The summed E-state index contributed by atoms with van der Waals surface area (Å²) in [6.45, 7) is 4.45. The first-order chi connectivity index (χ1) is 17.4. The van der Waals surface area contributed by atoms with E-state index in [4.69, 9.17) is 14.2 Å². The molecule has 0 saturated heterocycles. The topological polar surface area (TPSA) is 85.9 Å². The molecule has 8 heteroatoms. The number of ether oxygens (including phenoxy) is 3. The van der Waals surface area contributed by atoms with Crippen LogP contribution in [0.3, 0.4) is 0 Å². The maximum absolute atomic E-state index is 13.0. The second-order valence-electron chi connectivity index (χ2n) is 8.27. The Morgan fingerprint density at radius 2 is 1.81 bits per heavy atom. The predicted octanol–water partition coefficient (Wildman–Crippen LogP) is 5.07. The van der Waals surface area contributed by atoms with Crippen LogP contribution in [0, 0.1) is 0 Å². The lowest BCUT2D eigenvalue weighted by Crippen LogP contribution is -2.35. The van der Waals surface area contributed by atoms with Crippen molar-refractivity contribution in [1.82, 2.24) is 10.6 Å². The molecule has 2 N–H and O–H groups in total. The van der Waals surface area contributed by atoms with Crippen LogP contribution in [0.15, 0.2) is 65.7 Å². The highest BCUT2D eigenvalue weighted by atomic mass is 32.1. The highest BCUT2D eigenvalue weighted by Gasteiger charge is 2.16. The number of carbonyl (C=O) groups is 2. The van der Waals surface area contributed by atoms with Gasteiger partial charge in [0.05, 0.1) is 20.3 Å². The van der Waals surface area contributed by atoms with E-state index in [1.165, 1.54) is 25.6 Å². The average Bonchev–Trinajstić information content (AvgIpc) is 3.38. The zero-order valence-electron chi connectivity index (χ0n) is 21.0. The molecule has 0 spiro atoms. The number of amides is 2. The number of thiophene rings is 1. The third-order valence-electron chi connectivity index (χ3n) is 5.17. The maximum Gasteiger partial charge on any atom is 0.267 e. The summed E-state index contributed by atoms with van der Waals surface area (Å²) in [7, 11) is 3.03. The lowest BCUT2D eigenvalue weighted by atomic mass is 10.1. The summed E-state index contributed by atoms with van der Waals surface area (Å²) in [6, 6.07) is 16.6. The summed E-state index contributed by atoms with van der Waals surface area (Å²) in [4.78, 5) is 26.8. The van der Waals surface area contributed by atoms with Gasteiger partial charge in [-0.3, -0.25) is 9.59 Å². The van der Waals surface area contributed by atoms with E-state index >= 15 is 0 Å². The number of benzene rings is 2. The van der Waals surface area contributed by atoms with Crippen molar-refractivity contribution in [2.24, 2.45) is 0 Å². The molecule has 0 fully saturated rings. The van der Waals surface area contributed by atoms with Crippen LogP contribution in [0.2, 0.25) is 0 Å². The Morgan fingerprint density at radius 1 is 1.00 bits per heavy atom. The largest absolute Gasteiger partial charge is 0.493 e. The van der Waals surface area contributed by atoms with Crippen molar-refractivity contribution in [3.8, 4) is 17.2 Å². The molecule has 0 radical (unpaired) electrons. The van der Waals surface area contributed by atoms with Gasteiger partial charge in [0.25, 0.3) is 11.8 Å². The summed E-state index contributed by atoms with van der Waals surface area (Å²) < 4.78 is 16.3. The maximum atomic E-state index is 13.0. The molecule has 36 heavy (non-hydrogen) atoms. The van der Waals surface area contributed by atoms with Gasteiger partial charge in [-0.25, -0.2) is 0 Å². The van der Waals surface area contributed by atoms with E-state index in [9.17, 15) is 9.59 Å². The van der Waals surface area contributed by atoms with Gasteiger partial charge in [0.2, 0.25) is 0 Å². The molecule has 0 aliphatic heterocycles. The second-order valence-corrected chi connectivity index (χ2v) is 9.25. The third kappa shape index (κ3) is 7.88. The summed E-state index contributed by atoms with van der Waals surface area (Å²) in [6.07, 6.45) is 3.32. The fourth-order valence-electron chi connectivity index (χ4n) is 3.48. The van der Waals surface area contributed by atoms with Gasteiger partial charge in [-0.15, -0.1) is 11.3 Å². The molecule has 190 valence electrons. The van der Waals surface area contributed by atoms with E-state index in [0.717, 1.165) is 29.0 Å². The Bertz CT molecular complexity index is 1190. The fraction of sp³-hybridized carbons (Fsp3) is 0.286. The Kier molecular flexibility index (Phi) is 9.94. The zero-order chi connectivity index (χ0) is 25.9. The van der Waals surface area contributed by atoms with E-state index in [1.54, 1.807) is 24.3 Å². The molecule has 0 aliphatic carbocycles.